The molecule has 1 radical (unpaired) electrons. The molecule has 0 aromatic heterocycles. The zero-order chi connectivity index (χ0) is 8.24. The van der Waals surface area contributed by atoms with Gasteiger partial charge in [-0.2, -0.15) is 0 Å². The second-order valence-electron chi connectivity index (χ2n) is 2.27. The molecule has 0 aromatic carbocycles. The first-order valence-corrected chi connectivity index (χ1v) is 4.21. The minimum atomic E-state index is 0. The maximum absolute atomic E-state index is 3.78. The number of rotatable bonds is 5. The summed E-state index contributed by atoms with van der Waals surface area (Å²) in [5.74, 6) is 0. The zero-order valence-electron chi connectivity index (χ0n) is 7.36. The summed E-state index contributed by atoms with van der Waals surface area (Å²) in [6.07, 6.45) is 7.98. The molecule has 0 saturated carbocycles. The molecule has 0 aliphatic heterocycles. The zero-order valence-corrected chi connectivity index (χ0v) is 7.36. The Labute approximate surface area is 103 Å². The van der Waals surface area contributed by atoms with Crippen molar-refractivity contribution in [2.24, 2.45) is 0 Å². The average Bonchev–Trinajstić information content (AvgIpc) is 2.02. The fourth-order valence-electron chi connectivity index (χ4n) is 0.780. The van der Waals surface area contributed by atoms with Gasteiger partial charge in [-0.05, 0) is 0 Å². The predicted octanol–water partition coefficient (Wildman–Crippen LogP) is 2.69. The molecule has 0 aliphatic rings. The maximum atomic E-state index is 3.78. The Morgan fingerprint density at radius 3 is 1.58 bits per heavy atom. The van der Waals surface area contributed by atoms with Crippen LogP contribution in [0.1, 0.15) is 45.4 Å². The summed E-state index contributed by atoms with van der Waals surface area (Å²) < 4.78 is 0. The summed E-state index contributed by atoms with van der Waals surface area (Å²) in [6.45, 7) is 12.0. The van der Waals surface area contributed by atoms with Crippen molar-refractivity contribution in [1.29, 1.82) is 0 Å². The van der Waals surface area contributed by atoms with Gasteiger partial charge in [0.2, 0.25) is 0 Å². The second kappa shape index (κ2) is 29.7. The molecule has 0 fully saturated rings. The minimum absolute atomic E-state index is 0. The summed E-state index contributed by atoms with van der Waals surface area (Å²) in [7, 11) is 0. The molecule has 0 bridgehead atoms. The van der Waals surface area contributed by atoms with Crippen molar-refractivity contribution in [2.75, 3.05) is 0 Å². The third-order valence-corrected chi connectivity index (χ3v) is 1.35. The van der Waals surface area contributed by atoms with E-state index < -0.39 is 0 Å². The summed E-state index contributed by atoms with van der Waals surface area (Å²) in [4.78, 5) is 0. The van der Waals surface area contributed by atoms with Crippen molar-refractivity contribution in [3.05, 3.63) is 20.1 Å². The van der Waals surface area contributed by atoms with Gasteiger partial charge in [0.15, 0.2) is 0 Å². The van der Waals surface area contributed by atoms with E-state index in [2.05, 4.69) is 27.0 Å². The molecule has 2 heteroatoms. The summed E-state index contributed by atoms with van der Waals surface area (Å²) >= 11 is 0. The van der Waals surface area contributed by atoms with Crippen LogP contribution in [0.4, 0.5) is 0 Å². The van der Waals surface area contributed by atoms with Crippen LogP contribution in [0.5, 0.6) is 0 Å². The van der Waals surface area contributed by atoms with Crippen molar-refractivity contribution < 1.29 is 0 Å². The number of unbranched alkanes of at least 4 members (excludes halogenated alkanes) is 5. The molecule has 0 atom stereocenters. The first kappa shape index (κ1) is 23.1. The van der Waals surface area contributed by atoms with E-state index in [1.807, 2.05) is 0 Å². The van der Waals surface area contributed by atoms with Gasteiger partial charge in [0, 0.05) is 0 Å². The van der Waals surface area contributed by atoms with Crippen molar-refractivity contribution >= 4 is 37.7 Å². The van der Waals surface area contributed by atoms with E-state index in [4.69, 9.17) is 0 Å². The average molecular weight is 157 g/mol. The van der Waals surface area contributed by atoms with Crippen LogP contribution in [0.25, 0.3) is 0 Å². The van der Waals surface area contributed by atoms with Gasteiger partial charge in [0.25, 0.3) is 0 Å². The van der Waals surface area contributed by atoms with Crippen LogP contribution in [0.2, 0.25) is 0 Å². The van der Waals surface area contributed by atoms with Crippen LogP contribution >= 0.6 is 0 Å². The van der Waals surface area contributed by atoms with Gasteiger partial charge in [-0.3, -0.25) is 0 Å². The normalized spacial score (nSPS) is 6.83. The summed E-state index contributed by atoms with van der Waals surface area (Å²) in [5.41, 5.74) is 0. The third-order valence-electron chi connectivity index (χ3n) is 1.35. The van der Waals surface area contributed by atoms with Crippen LogP contribution in [0.15, 0.2) is 13.2 Å². The molecule has 0 saturated heterocycles. The standard InChI is InChI=1S/C8H17.C2H4.2Li.2H/c1-3-5-7-8-6-4-2;1-2;;;;/h1,3-8H2,2H3;1-2H2;;;;. The van der Waals surface area contributed by atoms with Crippen LogP contribution in [-0.2, 0) is 0 Å². The van der Waals surface area contributed by atoms with Crippen molar-refractivity contribution in [2.45, 2.75) is 45.4 Å². The topological polar surface area (TPSA) is 0 Å². The Hall–Kier alpha value is 0.935. The van der Waals surface area contributed by atoms with Crippen LogP contribution < -0.4 is 0 Å². The molecule has 0 aromatic rings. The first-order valence-electron chi connectivity index (χ1n) is 4.21. The van der Waals surface area contributed by atoms with Crippen molar-refractivity contribution in [1.82, 2.24) is 0 Å². The van der Waals surface area contributed by atoms with Crippen molar-refractivity contribution in [3.8, 4) is 0 Å². The molecular weight excluding hydrogens is 134 g/mol. The van der Waals surface area contributed by atoms with E-state index in [1.165, 1.54) is 32.1 Å². The van der Waals surface area contributed by atoms with Crippen LogP contribution in [-0.4, -0.2) is 37.7 Å². The van der Waals surface area contributed by atoms with Crippen molar-refractivity contribution in [3.63, 3.8) is 0 Å². The number of hydrogen-bond donors (Lipinski definition) is 0. The van der Waals surface area contributed by atoms with E-state index in [0.717, 1.165) is 6.42 Å². The molecule has 0 unspecified atom stereocenters. The van der Waals surface area contributed by atoms with Crippen LogP contribution in [0.3, 0.4) is 0 Å². The number of hydrogen-bond acceptors (Lipinski definition) is 0. The first-order chi connectivity index (χ1) is 4.91. The van der Waals surface area contributed by atoms with Gasteiger partial charge in [-0.1, -0.05) is 52.4 Å². The fraction of sp³-hybridized carbons (Fsp3) is 0.700. The molecule has 12 heavy (non-hydrogen) atoms. The molecule has 0 N–H and O–H groups in total. The second-order valence-corrected chi connectivity index (χ2v) is 2.27. The fourth-order valence-corrected chi connectivity index (χ4v) is 0.780. The summed E-state index contributed by atoms with van der Waals surface area (Å²) in [5, 5.41) is 0. The van der Waals surface area contributed by atoms with Gasteiger partial charge in [-0.15, -0.1) is 13.2 Å². The summed E-state index contributed by atoms with van der Waals surface area (Å²) in [6, 6.07) is 0. The van der Waals surface area contributed by atoms with Crippen LogP contribution in [0, 0.1) is 6.92 Å². The Kier molecular flexibility index (Phi) is 57.1. The quantitative estimate of drug-likeness (QED) is 0.327. The predicted molar refractivity (Wildman–Crippen MR) is 64.3 cm³/mol. The molecule has 0 nitrogen and oxygen atoms in total. The van der Waals surface area contributed by atoms with Gasteiger partial charge >= 0.3 is 37.7 Å². The van der Waals surface area contributed by atoms with E-state index in [1.54, 1.807) is 0 Å². The molecule has 65 valence electrons. The molecule has 0 aliphatic carbocycles. The Morgan fingerprint density at radius 2 is 1.25 bits per heavy atom. The van der Waals surface area contributed by atoms with E-state index in [0.29, 0.717) is 0 Å². The van der Waals surface area contributed by atoms with Gasteiger partial charge in [0.1, 0.15) is 0 Å². The Bertz CT molecular complexity index is 41.1. The van der Waals surface area contributed by atoms with Gasteiger partial charge in [-0.25, -0.2) is 0 Å². The van der Waals surface area contributed by atoms with E-state index >= 15 is 0 Å². The monoisotopic (exact) mass is 157 g/mol. The Morgan fingerprint density at radius 1 is 0.833 bits per heavy atom. The Balaban J connectivity index is -0.0000000740. The van der Waals surface area contributed by atoms with E-state index in [9.17, 15) is 0 Å². The van der Waals surface area contributed by atoms with Gasteiger partial charge < -0.3 is 0 Å². The molecule has 0 amide bonds. The molecule has 0 rings (SSSR count). The van der Waals surface area contributed by atoms with E-state index in [-0.39, 0.29) is 37.7 Å². The molecular formula is C10H23Li2. The SMILES string of the molecule is C=C.[CH2]CCCCCCC.[LiH].[LiH]. The van der Waals surface area contributed by atoms with Gasteiger partial charge in [0.05, 0.1) is 0 Å². The molecule has 0 heterocycles. The molecule has 0 spiro atoms. The third kappa shape index (κ3) is 30.6.